The highest BCUT2D eigenvalue weighted by molar-refractivity contribution is 5.12. The molecule has 0 fully saturated rings. The van der Waals surface area contributed by atoms with Gasteiger partial charge >= 0.3 is 6.18 Å². The Morgan fingerprint density at radius 3 is 2.67 bits per heavy atom. The van der Waals surface area contributed by atoms with Crippen molar-refractivity contribution in [2.75, 3.05) is 20.1 Å². The second-order valence-electron chi connectivity index (χ2n) is 4.28. The van der Waals surface area contributed by atoms with Crippen molar-refractivity contribution in [1.29, 1.82) is 0 Å². The Kier molecular flexibility index (Phi) is 5.68. The third-order valence-corrected chi connectivity index (χ3v) is 2.41. The number of hydrogen-bond donors (Lipinski definition) is 1. The average molecular weight is 264 g/mol. The van der Waals surface area contributed by atoms with E-state index in [1.54, 1.807) is 19.4 Å². The molecule has 1 heterocycles. The largest absolute Gasteiger partial charge is 0.468 e. The first-order chi connectivity index (χ1) is 8.44. The molecule has 0 amide bonds. The molecule has 1 aromatic rings. The van der Waals surface area contributed by atoms with Gasteiger partial charge < -0.3 is 9.73 Å². The number of alkyl halides is 3. The van der Waals surface area contributed by atoms with Crippen molar-refractivity contribution in [3.8, 4) is 0 Å². The highest BCUT2D eigenvalue weighted by Crippen LogP contribution is 2.19. The van der Waals surface area contributed by atoms with Crippen LogP contribution in [0.4, 0.5) is 13.2 Å². The summed E-state index contributed by atoms with van der Waals surface area (Å²) in [6.45, 7) is 2.20. The fraction of sp³-hybridized carbons (Fsp3) is 0.667. The van der Waals surface area contributed by atoms with Crippen LogP contribution in [0.1, 0.15) is 24.7 Å². The van der Waals surface area contributed by atoms with Crippen molar-refractivity contribution in [2.24, 2.45) is 0 Å². The fourth-order valence-corrected chi connectivity index (χ4v) is 1.81. The zero-order valence-electron chi connectivity index (χ0n) is 10.7. The molecular weight excluding hydrogens is 245 g/mol. The molecule has 1 aromatic heterocycles. The van der Waals surface area contributed by atoms with Gasteiger partial charge in [0.1, 0.15) is 5.76 Å². The Hall–Kier alpha value is -1.01. The summed E-state index contributed by atoms with van der Waals surface area (Å²) >= 11 is 0. The standard InChI is InChI=1S/C12H19F3N2O/c1-3-4-17(9-12(13,14)15)7-11-5-10(6-16-2)8-18-11/h5,8,16H,3-4,6-7,9H2,1-2H3. The Morgan fingerprint density at radius 2 is 2.11 bits per heavy atom. The average Bonchev–Trinajstić information content (AvgIpc) is 2.64. The first-order valence-corrected chi connectivity index (χ1v) is 5.94. The van der Waals surface area contributed by atoms with Gasteiger partial charge in [-0.25, -0.2) is 0 Å². The maximum atomic E-state index is 12.4. The summed E-state index contributed by atoms with van der Waals surface area (Å²) in [5.74, 6) is 0.568. The quantitative estimate of drug-likeness (QED) is 0.821. The highest BCUT2D eigenvalue weighted by Gasteiger charge is 2.30. The van der Waals surface area contributed by atoms with Gasteiger partial charge in [0.25, 0.3) is 0 Å². The predicted octanol–water partition coefficient (Wildman–Crippen LogP) is 2.77. The van der Waals surface area contributed by atoms with Gasteiger partial charge in [0, 0.05) is 12.1 Å². The molecule has 0 aliphatic rings. The lowest BCUT2D eigenvalue weighted by Crippen LogP contribution is -2.34. The fourth-order valence-electron chi connectivity index (χ4n) is 1.81. The molecule has 3 nitrogen and oxygen atoms in total. The summed E-state index contributed by atoms with van der Waals surface area (Å²) < 4.78 is 42.4. The number of halogens is 3. The molecule has 0 aliphatic carbocycles. The van der Waals surface area contributed by atoms with E-state index < -0.39 is 12.7 Å². The molecule has 1 N–H and O–H groups in total. The maximum absolute atomic E-state index is 12.4. The molecule has 18 heavy (non-hydrogen) atoms. The van der Waals surface area contributed by atoms with Gasteiger partial charge in [-0.05, 0) is 26.1 Å². The van der Waals surface area contributed by atoms with Crippen LogP contribution in [0.5, 0.6) is 0 Å². The first kappa shape index (κ1) is 15.0. The van der Waals surface area contributed by atoms with Gasteiger partial charge in [0.2, 0.25) is 0 Å². The van der Waals surface area contributed by atoms with Crippen molar-refractivity contribution in [2.45, 2.75) is 32.6 Å². The van der Waals surface area contributed by atoms with E-state index in [4.69, 9.17) is 4.42 Å². The van der Waals surface area contributed by atoms with E-state index in [9.17, 15) is 13.2 Å². The number of nitrogens with zero attached hydrogens (tertiary/aromatic N) is 1. The molecule has 0 bridgehead atoms. The lowest BCUT2D eigenvalue weighted by molar-refractivity contribution is -0.147. The molecular formula is C12H19F3N2O. The van der Waals surface area contributed by atoms with Crippen LogP contribution in [0.25, 0.3) is 0 Å². The van der Waals surface area contributed by atoms with E-state index in [2.05, 4.69) is 5.32 Å². The van der Waals surface area contributed by atoms with E-state index in [1.165, 1.54) is 4.90 Å². The summed E-state index contributed by atoms with van der Waals surface area (Å²) in [6.07, 6.45) is -1.92. The van der Waals surface area contributed by atoms with Gasteiger partial charge in [-0.15, -0.1) is 0 Å². The van der Waals surface area contributed by atoms with E-state index >= 15 is 0 Å². The van der Waals surface area contributed by atoms with Crippen LogP contribution >= 0.6 is 0 Å². The summed E-state index contributed by atoms with van der Waals surface area (Å²) in [5, 5.41) is 2.96. The topological polar surface area (TPSA) is 28.4 Å². The molecule has 0 saturated heterocycles. The lowest BCUT2D eigenvalue weighted by atomic mass is 10.3. The molecule has 0 aromatic carbocycles. The van der Waals surface area contributed by atoms with Gasteiger partial charge in [-0.1, -0.05) is 6.92 Å². The Morgan fingerprint density at radius 1 is 1.39 bits per heavy atom. The van der Waals surface area contributed by atoms with Crippen molar-refractivity contribution < 1.29 is 17.6 Å². The van der Waals surface area contributed by atoms with Crippen LogP contribution < -0.4 is 5.32 Å². The Bertz CT molecular complexity index is 349. The van der Waals surface area contributed by atoms with E-state index in [-0.39, 0.29) is 6.54 Å². The van der Waals surface area contributed by atoms with Crippen LogP contribution in [-0.2, 0) is 13.1 Å². The maximum Gasteiger partial charge on any atom is 0.401 e. The SMILES string of the molecule is CCCN(Cc1cc(CNC)co1)CC(F)(F)F. The van der Waals surface area contributed by atoms with Gasteiger partial charge in [0.05, 0.1) is 19.4 Å². The third-order valence-electron chi connectivity index (χ3n) is 2.41. The normalized spacial score (nSPS) is 12.3. The molecule has 0 atom stereocenters. The third kappa shape index (κ3) is 5.55. The number of furan rings is 1. The number of hydrogen-bond acceptors (Lipinski definition) is 3. The second-order valence-corrected chi connectivity index (χ2v) is 4.28. The minimum absolute atomic E-state index is 0.192. The number of rotatable bonds is 7. The zero-order valence-corrected chi connectivity index (χ0v) is 10.7. The van der Waals surface area contributed by atoms with Crippen LogP contribution in [-0.4, -0.2) is 31.2 Å². The van der Waals surface area contributed by atoms with Crippen molar-refractivity contribution in [1.82, 2.24) is 10.2 Å². The Labute approximate surface area is 105 Å². The lowest BCUT2D eigenvalue weighted by Gasteiger charge is -2.21. The molecule has 6 heteroatoms. The second kappa shape index (κ2) is 6.80. The van der Waals surface area contributed by atoms with Crippen molar-refractivity contribution in [3.63, 3.8) is 0 Å². The monoisotopic (exact) mass is 264 g/mol. The van der Waals surface area contributed by atoms with Gasteiger partial charge in [0.15, 0.2) is 0 Å². The molecule has 0 radical (unpaired) electrons. The molecule has 0 unspecified atom stereocenters. The predicted molar refractivity (Wildman–Crippen MR) is 63.1 cm³/mol. The molecule has 104 valence electrons. The van der Waals surface area contributed by atoms with E-state index in [1.807, 2.05) is 6.92 Å². The van der Waals surface area contributed by atoms with Gasteiger partial charge in [-0.3, -0.25) is 4.90 Å². The molecule has 0 saturated carbocycles. The smallest absolute Gasteiger partial charge is 0.401 e. The highest BCUT2D eigenvalue weighted by atomic mass is 19.4. The van der Waals surface area contributed by atoms with Crippen molar-refractivity contribution in [3.05, 3.63) is 23.7 Å². The van der Waals surface area contributed by atoms with E-state index in [0.717, 1.165) is 5.56 Å². The summed E-state index contributed by atoms with van der Waals surface area (Å²) in [5.41, 5.74) is 0.941. The van der Waals surface area contributed by atoms with Gasteiger partial charge in [-0.2, -0.15) is 13.2 Å². The van der Waals surface area contributed by atoms with E-state index in [0.29, 0.717) is 25.3 Å². The number of nitrogens with one attached hydrogen (secondary N) is 1. The Balaban J connectivity index is 2.58. The molecule has 1 rings (SSSR count). The summed E-state index contributed by atoms with van der Waals surface area (Å²) in [6, 6.07) is 1.79. The summed E-state index contributed by atoms with van der Waals surface area (Å²) in [7, 11) is 1.81. The van der Waals surface area contributed by atoms with Crippen LogP contribution in [0.3, 0.4) is 0 Å². The molecule has 0 spiro atoms. The summed E-state index contributed by atoms with van der Waals surface area (Å²) in [4.78, 5) is 1.35. The molecule has 0 aliphatic heterocycles. The minimum atomic E-state index is -4.17. The van der Waals surface area contributed by atoms with Crippen LogP contribution in [0.15, 0.2) is 16.7 Å². The van der Waals surface area contributed by atoms with Crippen LogP contribution in [0, 0.1) is 0 Å². The minimum Gasteiger partial charge on any atom is -0.468 e. The zero-order chi connectivity index (χ0) is 13.6. The van der Waals surface area contributed by atoms with Crippen LogP contribution in [0.2, 0.25) is 0 Å². The van der Waals surface area contributed by atoms with Crippen molar-refractivity contribution >= 4 is 0 Å². The first-order valence-electron chi connectivity index (χ1n) is 5.94.